The lowest BCUT2D eigenvalue weighted by Gasteiger charge is -2.41. The number of ether oxygens (including phenoxy) is 1. The van der Waals surface area contributed by atoms with Crippen LogP contribution >= 0.6 is 0 Å². The second-order valence-corrected chi connectivity index (χ2v) is 9.75. The summed E-state index contributed by atoms with van der Waals surface area (Å²) in [5.41, 5.74) is 1.74. The van der Waals surface area contributed by atoms with Gasteiger partial charge in [-0.15, -0.1) is 0 Å². The van der Waals surface area contributed by atoms with Crippen molar-refractivity contribution in [3.05, 3.63) is 23.5 Å². The van der Waals surface area contributed by atoms with Crippen LogP contribution in [-0.4, -0.2) is 84.0 Å². The first kappa shape index (κ1) is 22.3. The van der Waals surface area contributed by atoms with Gasteiger partial charge in [0.2, 0.25) is 5.91 Å². The molecule has 0 aromatic carbocycles. The van der Waals surface area contributed by atoms with Gasteiger partial charge in [0.15, 0.2) is 0 Å². The van der Waals surface area contributed by atoms with Crippen molar-refractivity contribution >= 4 is 11.8 Å². The smallest absolute Gasteiger partial charge is 0.270 e. The van der Waals surface area contributed by atoms with Crippen LogP contribution in [-0.2, 0) is 16.1 Å². The molecule has 2 amide bonds. The minimum atomic E-state index is 0.0965. The van der Waals surface area contributed by atoms with E-state index in [4.69, 9.17) is 4.74 Å². The van der Waals surface area contributed by atoms with Crippen molar-refractivity contribution in [1.29, 1.82) is 0 Å². The van der Waals surface area contributed by atoms with Gasteiger partial charge in [-0.25, -0.2) is 0 Å². The van der Waals surface area contributed by atoms with Gasteiger partial charge in [0, 0.05) is 50.4 Å². The van der Waals surface area contributed by atoms with E-state index in [1.54, 1.807) is 0 Å². The zero-order valence-electron chi connectivity index (χ0n) is 19.3. The first-order chi connectivity index (χ1) is 15.0. The lowest BCUT2D eigenvalue weighted by atomic mass is 9.80. The van der Waals surface area contributed by atoms with E-state index in [9.17, 15) is 9.59 Å². The topological polar surface area (TPSA) is 68.9 Å². The zero-order valence-corrected chi connectivity index (χ0v) is 19.3. The summed E-state index contributed by atoms with van der Waals surface area (Å²) in [6.07, 6.45) is 6.23. The summed E-state index contributed by atoms with van der Waals surface area (Å²) in [6, 6.07) is 4.25. The van der Waals surface area contributed by atoms with Crippen molar-refractivity contribution in [2.24, 2.45) is 11.8 Å². The number of nitrogens with one attached hydrogen (secondary N) is 1. The molecule has 172 valence electrons. The van der Waals surface area contributed by atoms with Crippen LogP contribution < -0.4 is 0 Å². The monoisotopic (exact) mass is 430 g/mol. The highest BCUT2D eigenvalue weighted by atomic mass is 16.5. The van der Waals surface area contributed by atoms with Crippen LogP contribution in [0.1, 0.15) is 61.6 Å². The number of hydrogen-bond donors (Lipinski definition) is 1. The van der Waals surface area contributed by atoms with Gasteiger partial charge in [0.1, 0.15) is 5.69 Å². The molecule has 3 aliphatic rings. The molecule has 1 N–H and O–H groups in total. The Balaban J connectivity index is 1.28. The van der Waals surface area contributed by atoms with E-state index < -0.39 is 0 Å². The fourth-order valence-corrected chi connectivity index (χ4v) is 5.59. The van der Waals surface area contributed by atoms with Gasteiger partial charge in [-0.1, -0.05) is 0 Å². The van der Waals surface area contributed by atoms with Gasteiger partial charge in [-0.05, 0) is 77.6 Å². The van der Waals surface area contributed by atoms with Gasteiger partial charge in [0.05, 0.1) is 6.10 Å². The van der Waals surface area contributed by atoms with Crippen LogP contribution in [0.2, 0.25) is 0 Å². The number of carbonyl (C=O) groups excluding carboxylic acids is 2. The largest absolute Gasteiger partial charge is 0.378 e. The first-order valence-corrected chi connectivity index (χ1v) is 12.0. The van der Waals surface area contributed by atoms with E-state index in [0.29, 0.717) is 23.6 Å². The van der Waals surface area contributed by atoms with Crippen molar-refractivity contribution < 1.29 is 14.3 Å². The molecular formula is C24H38N4O3. The maximum absolute atomic E-state index is 13.1. The number of carbonyl (C=O) groups is 2. The number of likely N-dealkylation sites (tertiary alicyclic amines) is 2. The molecule has 7 heteroatoms. The Hall–Kier alpha value is -1.86. The van der Waals surface area contributed by atoms with Crippen LogP contribution in [0.25, 0.3) is 0 Å². The summed E-state index contributed by atoms with van der Waals surface area (Å²) in [7, 11) is 4.04. The summed E-state index contributed by atoms with van der Waals surface area (Å²) >= 11 is 0. The number of aromatic nitrogens is 1. The van der Waals surface area contributed by atoms with E-state index in [1.165, 1.54) is 0 Å². The van der Waals surface area contributed by atoms with Crippen molar-refractivity contribution in [2.75, 3.05) is 40.3 Å². The zero-order chi connectivity index (χ0) is 22.0. The molecule has 4 rings (SSSR count). The highest BCUT2D eigenvalue weighted by Gasteiger charge is 2.43. The molecule has 31 heavy (non-hydrogen) atoms. The number of nitrogens with zero attached hydrogens (tertiary/aromatic N) is 3. The molecule has 2 saturated heterocycles. The molecule has 0 spiro atoms. The molecule has 1 saturated carbocycles. The SMILES string of the molecule is CCOC1CC(C(=O)N2CCCC2C2CCN(C(=O)c3ccc(CN(C)C)[nH]3)CC2)C1. The van der Waals surface area contributed by atoms with E-state index >= 15 is 0 Å². The van der Waals surface area contributed by atoms with Crippen LogP contribution in [0.3, 0.4) is 0 Å². The highest BCUT2D eigenvalue weighted by Crippen LogP contribution is 2.37. The molecule has 3 heterocycles. The van der Waals surface area contributed by atoms with Crippen molar-refractivity contribution in [2.45, 2.75) is 64.1 Å². The Morgan fingerprint density at radius 2 is 1.87 bits per heavy atom. The summed E-state index contributed by atoms with van der Waals surface area (Å²) in [5, 5.41) is 0. The Bertz CT molecular complexity index is 763. The number of amides is 2. The van der Waals surface area contributed by atoms with E-state index in [2.05, 4.69) is 14.8 Å². The highest BCUT2D eigenvalue weighted by molar-refractivity contribution is 5.92. The fraction of sp³-hybridized carbons (Fsp3) is 0.750. The number of piperidine rings is 1. The molecule has 2 aliphatic heterocycles. The minimum absolute atomic E-state index is 0.0965. The molecule has 1 aromatic heterocycles. The standard InChI is InChI=1S/C24H38N4O3/c1-4-31-20-14-18(15-20)23(29)28-11-5-6-22(28)17-9-12-27(13-10-17)24(30)21-8-7-19(25-21)16-26(2)3/h7-8,17-18,20,22,25H,4-6,9-16H2,1-3H3. The second kappa shape index (κ2) is 9.74. The van der Waals surface area contributed by atoms with E-state index in [1.807, 2.05) is 38.1 Å². The van der Waals surface area contributed by atoms with Crippen LogP contribution in [0, 0.1) is 11.8 Å². The number of aromatic amines is 1. The molecule has 1 unspecified atom stereocenters. The maximum Gasteiger partial charge on any atom is 0.270 e. The third kappa shape index (κ3) is 4.98. The quantitative estimate of drug-likeness (QED) is 0.722. The molecule has 1 aromatic rings. The number of rotatable bonds is 7. The van der Waals surface area contributed by atoms with Crippen molar-refractivity contribution in [3.8, 4) is 0 Å². The Morgan fingerprint density at radius 1 is 1.13 bits per heavy atom. The van der Waals surface area contributed by atoms with Crippen LogP contribution in [0.5, 0.6) is 0 Å². The average molecular weight is 431 g/mol. The molecule has 1 atom stereocenters. The molecular weight excluding hydrogens is 392 g/mol. The van der Waals surface area contributed by atoms with Crippen molar-refractivity contribution in [1.82, 2.24) is 19.7 Å². The van der Waals surface area contributed by atoms with E-state index in [-0.39, 0.29) is 17.9 Å². The summed E-state index contributed by atoms with van der Waals surface area (Å²) < 4.78 is 5.64. The average Bonchev–Trinajstić information content (AvgIpc) is 3.39. The fourth-order valence-electron chi connectivity index (χ4n) is 5.59. The predicted octanol–water partition coefficient (Wildman–Crippen LogP) is 2.73. The second-order valence-electron chi connectivity index (χ2n) is 9.75. The number of hydrogen-bond acceptors (Lipinski definition) is 4. The van der Waals surface area contributed by atoms with Crippen molar-refractivity contribution in [3.63, 3.8) is 0 Å². The Kier molecular flexibility index (Phi) is 7.02. The normalized spacial score (nSPS) is 27.0. The summed E-state index contributed by atoms with van der Waals surface area (Å²) in [5.74, 6) is 1.10. The Labute approximate surface area is 186 Å². The van der Waals surface area contributed by atoms with Gasteiger partial charge in [0.25, 0.3) is 5.91 Å². The molecule has 7 nitrogen and oxygen atoms in total. The van der Waals surface area contributed by atoms with E-state index in [0.717, 1.165) is 77.0 Å². The van der Waals surface area contributed by atoms with Gasteiger partial charge in [-0.3, -0.25) is 9.59 Å². The molecule has 1 aliphatic carbocycles. The van der Waals surface area contributed by atoms with Gasteiger partial charge >= 0.3 is 0 Å². The summed E-state index contributed by atoms with van der Waals surface area (Å²) in [6.45, 7) is 6.00. The Morgan fingerprint density at radius 3 is 2.55 bits per heavy atom. The third-order valence-electron chi connectivity index (χ3n) is 7.26. The first-order valence-electron chi connectivity index (χ1n) is 12.0. The van der Waals surface area contributed by atoms with Crippen LogP contribution in [0.4, 0.5) is 0 Å². The molecule has 3 fully saturated rings. The summed E-state index contributed by atoms with van der Waals surface area (Å²) in [4.78, 5) is 35.5. The lowest BCUT2D eigenvalue weighted by Crippen LogP contribution is -2.50. The molecule has 0 radical (unpaired) electrons. The predicted molar refractivity (Wildman–Crippen MR) is 120 cm³/mol. The number of H-pyrrole nitrogens is 1. The maximum atomic E-state index is 13.1. The van der Waals surface area contributed by atoms with Gasteiger partial charge < -0.3 is 24.4 Å². The molecule has 0 bridgehead atoms. The lowest BCUT2D eigenvalue weighted by molar-refractivity contribution is -0.146. The minimum Gasteiger partial charge on any atom is -0.378 e. The van der Waals surface area contributed by atoms with Gasteiger partial charge in [-0.2, -0.15) is 0 Å². The van der Waals surface area contributed by atoms with Crippen LogP contribution in [0.15, 0.2) is 12.1 Å². The third-order valence-corrected chi connectivity index (χ3v) is 7.26.